The summed E-state index contributed by atoms with van der Waals surface area (Å²) in [6.07, 6.45) is 2.98. The maximum atomic E-state index is 15.9. The number of ether oxygens (including phenoxy) is 2. The van der Waals surface area contributed by atoms with Gasteiger partial charge in [0.25, 0.3) is 5.88 Å². The topological polar surface area (TPSA) is 104 Å². The van der Waals surface area contributed by atoms with Gasteiger partial charge in [-0.15, -0.1) is 0 Å². The fourth-order valence-electron chi connectivity index (χ4n) is 5.51. The van der Waals surface area contributed by atoms with Crippen molar-refractivity contribution in [3.05, 3.63) is 83.5 Å². The zero-order valence-corrected chi connectivity index (χ0v) is 21.9. The molecule has 0 bridgehead atoms. The maximum Gasteiger partial charge on any atom is 0.255 e. The molecule has 38 heavy (non-hydrogen) atoms. The zero-order valence-electron chi connectivity index (χ0n) is 21.1. The van der Waals surface area contributed by atoms with E-state index < -0.39 is 54.4 Å². The average Bonchev–Trinajstić information content (AvgIpc) is 2.87. The molecule has 1 aromatic carbocycles. The molecule has 1 fully saturated rings. The number of nitrogens with two attached hydrogens (primary N) is 1. The summed E-state index contributed by atoms with van der Waals surface area (Å²) in [6.45, 7) is 4.21. The minimum Gasteiger partial charge on any atom is -0.441 e. The van der Waals surface area contributed by atoms with Gasteiger partial charge in [-0.1, -0.05) is 19.1 Å². The Morgan fingerprint density at radius 2 is 1.79 bits per heavy atom. The summed E-state index contributed by atoms with van der Waals surface area (Å²) in [5.74, 6) is -2.04. The first-order valence-corrected chi connectivity index (χ1v) is 13.7. The highest BCUT2D eigenvalue weighted by Crippen LogP contribution is 2.58. The highest BCUT2D eigenvalue weighted by molar-refractivity contribution is 7.94. The van der Waals surface area contributed by atoms with E-state index >= 15 is 4.39 Å². The van der Waals surface area contributed by atoms with E-state index in [4.69, 9.17) is 20.2 Å². The van der Waals surface area contributed by atoms with E-state index in [1.807, 2.05) is 0 Å². The molecule has 2 N–H and O–H groups in total. The van der Waals surface area contributed by atoms with E-state index in [1.54, 1.807) is 6.92 Å². The smallest absolute Gasteiger partial charge is 0.255 e. The number of nitrogens with zero attached hydrogens (tertiary/aromatic N) is 2. The van der Waals surface area contributed by atoms with Crippen LogP contribution >= 0.6 is 0 Å². The van der Waals surface area contributed by atoms with Gasteiger partial charge in [-0.2, -0.15) is 0 Å². The molecule has 5 rings (SSSR count). The van der Waals surface area contributed by atoms with Crippen LogP contribution in [0.4, 0.5) is 13.2 Å². The van der Waals surface area contributed by atoms with Crippen LogP contribution in [-0.2, 0) is 14.6 Å². The van der Waals surface area contributed by atoms with E-state index in [0.717, 1.165) is 6.08 Å². The molecular weight excluding hydrogens is 519 g/mol. The lowest BCUT2D eigenvalue weighted by molar-refractivity contribution is -0.0667. The first-order valence-electron chi connectivity index (χ1n) is 12.1. The predicted octanol–water partition coefficient (Wildman–Crippen LogP) is 4.72. The van der Waals surface area contributed by atoms with Gasteiger partial charge in [0.15, 0.2) is 15.7 Å². The number of aliphatic imine (C=N–C) groups is 1. The van der Waals surface area contributed by atoms with Crippen LogP contribution in [0.1, 0.15) is 45.3 Å². The minimum atomic E-state index is -4.05. The molecule has 202 valence electrons. The predicted molar refractivity (Wildman–Crippen MR) is 136 cm³/mol. The van der Waals surface area contributed by atoms with Gasteiger partial charge in [-0.05, 0) is 62.2 Å². The van der Waals surface area contributed by atoms with Gasteiger partial charge in [0.2, 0.25) is 0 Å². The van der Waals surface area contributed by atoms with Crippen molar-refractivity contribution in [3.8, 4) is 5.88 Å². The molecule has 11 heteroatoms. The molecule has 2 aliphatic heterocycles. The first-order chi connectivity index (χ1) is 17.8. The summed E-state index contributed by atoms with van der Waals surface area (Å²) in [4.78, 5) is 8.60. The number of hydrogen-bond acceptors (Lipinski definition) is 7. The number of amidine groups is 1. The number of sulfone groups is 1. The zero-order chi connectivity index (χ0) is 27.5. The van der Waals surface area contributed by atoms with E-state index in [-0.39, 0.29) is 36.9 Å². The normalized spacial score (nSPS) is 31.9. The summed E-state index contributed by atoms with van der Waals surface area (Å²) in [6, 6.07) is 8.20. The Morgan fingerprint density at radius 1 is 1.08 bits per heavy atom. The standard InChI is InChI=1S/C27H28F3N3O4S/c1-25(2)24(31)33-27(15-36-20(13-22(27)38(25,34)35)16-6-8-17(28)9-7-16)26(3)14-18(10-11-21(26)30)37-23-19(29)5-4-12-32-23/h4-12,20,22H,13-15H2,1-3H3,(H2,31,33)/t20-,22-,26?,27+/m1/s1. The Balaban J connectivity index is 1.60. The molecule has 0 spiro atoms. The molecular formula is C27H28F3N3O4S. The average molecular weight is 548 g/mol. The van der Waals surface area contributed by atoms with Gasteiger partial charge in [0.05, 0.1) is 23.4 Å². The van der Waals surface area contributed by atoms with Crippen molar-refractivity contribution < 1.29 is 31.1 Å². The van der Waals surface area contributed by atoms with Gasteiger partial charge in [-0.25, -0.2) is 26.6 Å². The number of halogens is 3. The largest absolute Gasteiger partial charge is 0.441 e. The van der Waals surface area contributed by atoms with Crippen molar-refractivity contribution in [2.75, 3.05) is 6.61 Å². The Hall–Kier alpha value is -3.18. The molecule has 1 unspecified atom stereocenters. The second-order valence-electron chi connectivity index (χ2n) is 10.6. The van der Waals surface area contributed by atoms with Gasteiger partial charge in [-0.3, -0.25) is 4.99 Å². The number of pyridine rings is 1. The molecule has 1 aliphatic carbocycles. The summed E-state index contributed by atoms with van der Waals surface area (Å²) in [7, 11) is -4.05. The first kappa shape index (κ1) is 26.4. The van der Waals surface area contributed by atoms with E-state index in [0.29, 0.717) is 5.56 Å². The van der Waals surface area contributed by atoms with E-state index in [2.05, 4.69) is 4.98 Å². The Labute approximate surface area is 219 Å². The fourth-order valence-corrected chi connectivity index (χ4v) is 7.88. The van der Waals surface area contributed by atoms with Gasteiger partial charge in [0, 0.05) is 12.6 Å². The van der Waals surface area contributed by atoms with E-state index in [1.165, 1.54) is 62.5 Å². The van der Waals surface area contributed by atoms with Crippen molar-refractivity contribution in [3.63, 3.8) is 0 Å². The van der Waals surface area contributed by atoms with Crippen LogP contribution < -0.4 is 10.5 Å². The summed E-state index contributed by atoms with van der Waals surface area (Å²) in [5, 5.41) is -1.20. The summed E-state index contributed by atoms with van der Waals surface area (Å²) in [5.41, 5.74) is 3.62. The van der Waals surface area contributed by atoms with Gasteiger partial charge >= 0.3 is 0 Å². The second-order valence-corrected chi connectivity index (χ2v) is 13.3. The van der Waals surface area contributed by atoms with Crippen molar-refractivity contribution in [2.24, 2.45) is 16.1 Å². The lowest BCUT2D eigenvalue weighted by atomic mass is 9.62. The molecule has 3 aliphatic rings. The summed E-state index contributed by atoms with van der Waals surface area (Å²) < 4.78 is 82.2. The van der Waals surface area contributed by atoms with Crippen LogP contribution in [0.5, 0.6) is 5.88 Å². The lowest BCUT2D eigenvalue weighted by Crippen LogP contribution is -2.70. The number of fused-ring (bicyclic) bond motifs is 1. The number of benzene rings is 1. The highest BCUT2D eigenvalue weighted by atomic mass is 32.2. The SMILES string of the molecule is CC1([C@]23CO[C@@H](c4ccc(F)cc4)C[C@H]2S(=O)(=O)C(C)(C)C(N)=N3)CC(Oc2ncccc2F)=CC=C1F. The molecule has 0 radical (unpaired) electrons. The van der Waals surface area contributed by atoms with Crippen molar-refractivity contribution in [2.45, 2.75) is 55.3 Å². The van der Waals surface area contributed by atoms with Gasteiger partial charge in [0.1, 0.15) is 33.5 Å². The third kappa shape index (κ3) is 3.86. The van der Waals surface area contributed by atoms with Crippen LogP contribution in [0.15, 0.2) is 71.3 Å². The van der Waals surface area contributed by atoms with E-state index in [9.17, 15) is 17.2 Å². The van der Waals surface area contributed by atoms with Crippen molar-refractivity contribution in [1.29, 1.82) is 0 Å². The van der Waals surface area contributed by atoms with Crippen LogP contribution in [0, 0.1) is 17.0 Å². The Kier molecular flexibility index (Phi) is 6.22. The molecule has 3 heterocycles. The molecule has 2 aromatic rings. The number of allylic oxidation sites excluding steroid dienone is 3. The molecule has 0 saturated carbocycles. The minimum absolute atomic E-state index is 0.0498. The lowest BCUT2D eigenvalue weighted by Gasteiger charge is -2.56. The highest BCUT2D eigenvalue weighted by Gasteiger charge is 2.68. The third-order valence-corrected chi connectivity index (χ3v) is 11.1. The molecule has 7 nitrogen and oxygen atoms in total. The fraction of sp³-hybridized carbons (Fsp3) is 0.407. The Morgan fingerprint density at radius 3 is 2.47 bits per heavy atom. The quantitative estimate of drug-likeness (QED) is 0.594. The summed E-state index contributed by atoms with van der Waals surface area (Å²) >= 11 is 0. The van der Waals surface area contributed by atoms with Crippen LogP contribution in [0.2, 0.25) is 0 Å². The Bertz CT molecular complexity index is 1470. The van der Waals surface area contributed by atoms with Gasteiger partial charge < -0.3 is 15.2 Å². The maximum absolute atomic E-state index is 15.9. The van der Waals surface area contributed by atoms with Crippen LogP contribution in [0.25, 0.3) is 0 Å². The molecule has 0 amide bonds. The third-order valence-electron chi connectivity index (χ3n) is 8.11. The van der Waals surface area contributed by atoms with Crippen molar-refractivity contribution in [1.82, 2.24) is 4.98 Å². The second kappa shape index (κ2) is 8.94. The number of rotatable bonds is 4. The van der Waals surface area contributed by atoms with Crippen LogP contribution in [0.3, 0.4) is 0 Å². The number of hydrogen-bond donors (Lipinski definition) is 1. The van der Waals surface area contributed by atoms with Crippen molar-refractivity contribution >= 4 is 15.7 Å². The number of aromatic nitrogens is 1. The molecule has 4 atom stereocenters. The monoisotopic (exact) mass is 547 g/mol. The molecule has 1 aromatic heterocycles. The molecule has 1 saturated heterocycles. The van der Waals surface area contributed by atoms with Crippen LogP contribution in [-0.4, -0.2) is 41.4 Å².